The van der Waals surface area contributed by atoms with Crippen LogP contribution >= 0.6 is 0 Å². The molecule has 0 radical (unpaired) electrons. The third kappa shape index (κ3) is 3.36. The van der Waals surface area contributed by atoms with Crippen LogP contribution in [0.25, 0.3) is 0 Å². The minimum absolute atomic E-state index is 0.0610. The summed E-state index contributed by atoms with van der Waals surface area (Å²) in [7, 11) is 0. The van der Waals surface area contributed by atoms with Gasteiger partial charge in [-0.15, -0.1) is 0 Å². The van der Waals surface area contributed by atoms with Crippen LogP contribution in [-0.2, 0) is 0 Å². The molecule has 0 saturated heterocycles. The van der Waals surface area contributed by atoms with Gasteiger partial charge in [0.2, 0.25) is 0 Å². The number of benzene rings is 1. The van der Waals surface area contributed by atoms with E-state index in [1.807, 2.05) is 0 Å². The van der Waals surface area contributed by atoms with Gasteiger partial charge in [0, 0.05) is 11.6 Å². The zero-order chi connectivity index (χ0) is 15.8. The van der Waals surface area contributed by atoms with Crippen LogP contribution in [0.5, 0.6) is 0 Å². The predicted octanol–water partition coefficient (Wildman–Crippen LogP) is 4.64. The van der Waals surface area contributed by atoms with Crippen molar-refractivity contribution in [1.29, 1.82) is 0 Å². The quantitative estimate of drug-likeness (QED) is 0.791. The maximum atomic E-state index is 14.1. The first-order valence-electron chi connectivity index (χ1n) is 6.98. The minimum atomic E-state index is -4.28. The smallest absolute Gasteiger partial charge is 0.324 e. The van der Waals surface area contributed by atoms with E-state index in [9.17, 15) is 22.0 Å². The second kappa shape index (κ2) is 5.91. The Morgan fingerprint density at radius 1 is 1.19 bits per heavy atom. The van der Waals surface area contributed by atoms with Gasteiger partial charge in [-0.1, -0.05) is 12.5 Å². The summed E-state index contributed by atoms with van der Waals surface area (Å²) in [5.41, 5.74) is 5.85. The summed E-state index contributed by atoms with van der Waals surface area (Å²) >= 11 is 0. The van der Waals surface area contributed by atoms with Crippen LogP contribution in [0.1, 0.15) is 42.9 Å². The molecule has 1 fully saturated rings. The maximum Gasteiger partial charge on any atom is 0.391 e. The molecular weight excluding hydrogens is 289 g/mol. The van der Waals surface area contributed by atoms with Crippen molar-refractivity contribution in [1.82, 2.24) is 0 Å². The van der Waals surface area contributed by atoms with Crippen molar-refractivity contribution < 1.29 is 22.0 Å². The molecule has 0 spiro atoms. The zero-order valence-electron chi connectivity index (χ0n) is 11.7. The first-order chi connectivity index (χ1) is 9.71. The third-order valence-electron chi connectivity index (χ3n) is 4.34. The lowest BCUT2D eigenvalue weighted by atomic mass is 9.75. The Hall–Kier alpha value is -1.17. The molecule has 21 heavy (non-hydrogen) atoms. The second-order valence-electron chi connectivity index (χ2n) is 5.78. The Balaban J connectivity index is 2.24. The number of halogens is 5. The van der Waals surface area contributed by atoms with Gasteiger partial charge in [-0.05, 0) is 43.7 Å². The molecule has 1 saturated carbocycles. The van der Waals surface area contributed by atoms with Crippen molar-refractivity contribution in [3.8, 4) is 0 Å². The molecule has 6 heteroatoms. The van der Waals surface area contributed by atoms with E-state index < -0.39 is 35.7 Å². The van der Waals surface area contributed by atoms with Crippen molar-refractivity contribution in [2.45, 2.75) is 44.8 Å². The lowest BCUT2D eigenvalue weighted by Crippen LogP contribution is -2.34. The van der Waals surface area contributed by atoms with E-state index in [0.717, 1.165) is 6.07 Å². The predicted molar refractivity (Wildman–Crippen MR) is 69.5 cm³/mol. The van der Waals surface area contributed by atoms with Gasteiger partial charge in [-0.25, -0.2) is 8.78 Å². The molecule has 2 N–H and O–H groups in total. The Morgan fingerprint density at radius 3 is 2.48 bits per heavy atom. The zero-order valence-corrected chi connectivity index (χ0v) is 11.7. The highest BCUT2D eigenvalue weighted by atomic mass is 19.4. The monoisotopic (exact) mass is 307 g/mol. The number of hydrogen-bond acceptors (Lipinski definition) is 1. The van der Waals surface area contributed by atoms with Gasteiger partial charge < -0.3 is 5.73 Å². The fourth-order valence-corrected chi connectivity index (χ4v) is 3.07. The summed E-state index contributed by atoms with van der Waals surface area (Å²) in [6.45, 7) is 1.48. The van der Waals surface area contributed by atoms with E-state index in [2.05, 4.69) is 0 Å². The first-order valence-corrected chi connectivity index (χ1v) is 6.98. The normalized spacial score (nSPS) is 24.9. The average Bonchev–Trinajstić information content (AvgIpc) is 2.42. The molecule has 0 bridgehead atoms. The minimum Gasteiger partial charge on any atom is -0.324 e. The van der Waals surface area contributed by atoms with Crippen LogP contribution in [0.15, 0.2) is 12.1 Å². The molecule has 1 nitrogen and oxygen atoms in total. The number of aryl methyl sites for hydroxylation is 1. The van der Waals surface area contributed by atoms with Gasteiger partial charge in [0.1, 0.15) is 11.6 Å². The summed E-state index contributed by atoms with van der Waals surface area (Å²) in [5, 5.41) is 0. The van der Waals surface area contributed by atoms with Crippen LogP contribution in [0.2, 0.25) is 0 Å². The van der Waals surface area contributed by atoms with Gasteiger partial charge in [-0.2, -0.15) is 13.2 Å². The van der Waals surface area contributed by atoms with Gasteiger partial charge in [0.05, 0.1) is 5.92 Å². The molecule has 118 valence electrons. The Morgan fingerprint density at radius 2 is 1.86 bits per heavy atom. The molecule has 0 amide bonds. The Labute approximate surface area is 120 Å². The van der Waals surface area contributed by atoms with E-state index in [1.165, 1.54) is 13.0 Å². The van der Waals surface area contributed by atoms with Gasteiger partial charge in [0.15, 0.2) is 0 Å². The second-order valence-corrected chi connectivity index (χ2v) is 5.78. The standard InChI is InChI=1S/C15H18F5N/c1-8-5-6-11(16)12(13(8)17)14(21)9-3-2-4-10(7-9)15(18,19)20/h5-6,9-10,14H,2-4,7,21H2,1H3. The van der Waals surface area contributed by atoms with E-state index in [4.69, 9.17) is 5.73 Å². The molecule has 0 aliphatic heterocycles. The Kier molecular flexibility index (Phi) is 4.56. The lowest BCUT2D eigenvalue weighted by molar-refractivity contribution is -0.186. The SMILES string of the molecule is Cc1ccc(F)c(C(N)C2CCCC(C(F)(F)F)C2)c1F. The first kappa shape index (κ1) is 16.2. The van der Waals surface area contributed by atoms with Crippen LogP contribution < -0.4 is 5.73 Å². The average molecular weight is 307 g/mol. The van der Waals surface area contributed by atoms with Gasteiger partial charge in [-0.3, -0.25) is 0 Å². The highest BCUT2D eigenvalue weighted by Gasteiger charge is 2.43. The number of nitrogens with two attached hydrogens (primary N) is 1. The largest absolute Gasteiger partial charge is 0.391 e. The van der Waals surface area contributed by atoms with Crippen LogP contribution in [0, 0.1) is 30.4 Å². The van der Waals surface area contributed by atoms with Crippen LogP contribution in [0.4, 0.5) is 22.0 Å². The summed E-state index contributed by atoms with van der Waals surface area (Å²) in [4.78, 5) is 0. The molecule has 0 aromatic heterocycles. The van der Waals surface area contributed by atoms with E-state index in [-0.39, 0.29) is 24.0 Å². The van der Waals surface area contributed by atoms with Crippen molar-refractivity contribution >= 4 is 0 Å². The highest BCUT2D eigenvalue weighted by molar-refractivity contribution is 5.29. The molecule has 2 rings (SSSR count). The molecule has 1 aliphatic rings. The fourth-order valence-electron chi connectivity index (χ4n) is 3.07. The van der Waals surface area contributed by atoms with Crippen molar-refractivity contribution in [3.63, 3.8) is 0 Å². The fraction of sp³-hybridized carbons (Fsp3) is 0.600. The van der Waals surface area contributed by atoms with Crippen molar-refractivity contribution in [2.75, 3.05) is 0 Å². The lowest BCUT2D eigenvalue weighted by Gasteiger charge is -2.34. The maximum absolute atomic E-state index is 14.1. The molecular formula is C15H18F5N. The summed E-state index contributed by atoms with van der Waals surface area (Å²) in [5.74, 6) is -3.54. The van der Waals surface area contributed by atoms with E-state index >= 15 is 0 Å². The van der Waals surface area contributed by atoms with Crippen LogP contribution in [-0.4, -0.2) is 6.18 Å². The number of rotatable bonds is 2. The molecule has 1 aromatic carbocycles. The molecule has 1 aromatic rings. The van der Waals surface area contributed by atoms with E-state index in [1.54, 1.807) is 0 Å². The molecule has 3 atom stereocenters. The molecule has 0 heterocycles. The van der Waals surface area contributed by atoms with E-state index in [0.29, 0.717) is 12.8 Å². The summed E-state index contributed by atoms with van der Waals surface area (Å²) in [6.07, 6.45) is -3.55. The molecule has 3 unspecified atom stereocenters. The summed E-state index contributed by atoms with van der Waals surface area (Å²) in [6, 6.07) is 1.35. The van der Waals surface area contributed by atoms with Crippen molar-refractivity contribution in [2.24, 2.45) is 17.6 Å². The van der Waals surface area contributed by atoms with Gasteiger partial charge in [0.25, 0.3) is 0 Å². The van der Waals surface area contributed by atoms with Crippen LogP contribution in [0.3, 0.4) is 0 Å². The topological polar surface area (TPSA) is 26.0 Å². The number of alkyl halides is 3. The molecule has 1 aliphatic carbocycles. The summed E-state index contributed by atoms with van der Waals surface area (Å²) < 4.78 is 66.3. The Bertz CT molecular complexity index is 512. The number of hydrogen-bond donors (Lipinski definition) is 1. The highest BCUT2D eigenvalue weighted by Crippen LogP contribution is 2.44. The third-order valence-corrected chi connectivity index (χ3v) is 4.34. The van der Waals surface area contributed by atoms with Crippen molar-refractivity contribution in [3.05, 3.63) is 34.9 Å². The van der Waals surface area contributed by atoms with Gasteiger partial charge >= 0.3 is 6.18 Å².